The van der Waals surface area contributed by atoms with Crippen molar-refractivity contribution in [3.63, 3.8) is 0 Å². The Morgan fingerprint density at radius 1 is 1.50 bits per heavy atom. The van der Waals surface area contributed by atoms with Crippen molar-refractivity contribution in [3.05, 3.63) is 23.5 Å². The average molecular weight is 289 g/mol. The van der Waals surface area contributed by atoms with Crippen LogP contribution in [0.4, 0.5) is 0 Å². The van der Waals surface area contributed by atoms with Crippen LogP contribution in [-0.4, -0.2) is 19.9 Å². The highest BCUT2D eigenvalue weighted by atomic mass is 35.5. The molecule has 1 N–H and O–H groups in total. The Morgan fingerprint density at radius 2 is 2.28 bits per heavy atom. The molecule has 0 radical (unpaired) electrons. The van der Waals surface area contributed by atoms with Gasteiger partial charge in [0, 0.05) is 18.9 Å². The van der Waals surface area contributed by atoms with Gasteiger partial charge in [-0.2, -0.15) is 0 Å². The van der Waals surface area contributed by atoms with Crippen LogP contribution < -0.4 is 4.72 Å². The summed E-state index contributed by atoms with van der Waals surface area (Å²) >= 11 is 5.87. The SMILES string of the molecule is CC1CCC(CNS(=O)(=O)c2cnccc2Cl)C1. The number of sulfonamides is 1. The molecule has 0 amide bonds. The summed E-state index contributed by atoms with van der Waals surface area (Å²) in [6, 6.07) is 1.48. The minimum Gasteiger partial charge on any atom is -0.263 e. The van der Waals surface area contributed by atoms with Gasteiger partial charge in [0.1, 0.15) is 4.90 Å². The molecule has 1 saturated carbocycles. The Labute approximate surface area is 113 Å². The van der Waals surface area contributed by atoms with Gasteiger partial charge in [-0.25, -0.2) is 13.1 Å². The third-order valence-corrected chi connectivity index (χ3v) is 5.28. The lowest BCUT2D eigenvalue weighted by molar-refractivity contribution is 0.498. The van der Waals surface area contributed by atoms with Gasteiger partial charge in [-0.15, -0.1) is 0 Å². The van der Waals surface area contributed by atoms with Crippen molar-refractivity contribution in [2.45, 2.75) is 31.1 Å². The van der Waals surface area contributed by atoms with Crippen LogP contribution in [0.1, 0.15) is 26.2 Å². The van der Waals surface area contributed by atoms with E-state index in [4.69, 9.17) is 11.6 Å². The van der Waals surface area contributed by atoms with Crippen molar-refractivity contribution in [3.8, 4) is 0 Å². The molecule has 6 heteroatoms. The highest BCUT2D eigenvalue weighted by Crippen LogP contribution is 2.30. The van der Waals surface area contributed by atoms with Crippen LogP contribution in [0.3, 0.4) is 0 Å². The lowest BCUT2D eigenvalue weighted by atomic mass is 10.1. The molecule has 1 aromatic heterocycles. The van der Waals surface area contributed by atoms with Crippen LogP contribution in [0, 0.1) is 11.8 Å². The van der Waals surface area contributed by atoms with Crippen molar-refractivity contribution in [2.75, 3.05) is 6.54 Å². The summed E-state index contributed by atoms with van der Waals surface area (Å²) in [5.41, 5.74) is 0. The summed E-state index contributed by atoms with van der Waals surface area (Å²) in [7, 11) is -3.54. The van der Waals surface area contributed by atoms with Crippen molar-refractivity contribution >= 4 is 21.6 Å². The molecule has 0 saturated heterocycles. The second-order valence-electron chi connectivity index (χ2n) is 4.94. The van der Waals surface area contributed by atoms with Crippen LogP contribution in [0.15, 0.2) is 23.4 Å². The largest absolute Gasteiger partial charge is 0.263 e. The zero-order chi connectivity index (χ0) is 13.2. The molecule has 1 aliphatic rings. The first-order chi connectivity index (χ1) is 8.49. The van der Waals surface area contributed by atoms with E-state index < -0.39 is 10.0 Å². The highest BCUT2D eigenvalue weighted by molar-refractivity contribution is 7.89. The molecule has 0 aliphatic heterocycles. The molecule has 1 aromatic rings. The molecular formula is C12H17ClN2O2S. The Morgan fingerprint density at radius 3 is 2.89 bits per heavy atom. The van der Waals surface area contributed by atoms with E-state index in [2.05, 4.69) is 16.6 Å². The summed E-state index contributed by atoms with van der Waals surface area (Å²) in [6.45, 7) is 2.68. The number of hydrogen-bond acceptors (Lipinski definition) is 3. The van der Waals surface area contributed by atoms with E-state index >= 15 is 0 Å². The molecule has 1 aliphatic carbocycles. The molecule has 1 heterocycles. The molecule has 2 atom stereocenters. The quantitative estimate of drug-likeness (QED) is 0.926. The second-order valence-corrected chi connectivity index (χ2v) is 7.08. The van der Waals surface area contributed by atoms with E-state index in [-0.39, 0.29) is 9.92 Å². The number of nitrogens with zero attached hydrogens (tertiary/aromatic N) is 1. The number of aromatic nitrogens is 1. The third-order valence-electron chi connectivity index (χ3n) is 3.39. The van der Waals surface area contributed by atoms with Gasteiger partial charge in [-0.3, -0.25) is 4.98 Å². The van der Waals surface area contributed by atoms with Crippen molar-refractivity contribution in [1.29, 1.82) is 0 Å². The van der Waals surface area contributed by atoms with E-state index in [1.54, 1.807) is 0 Å². The number of hydrogen-bond donors (Lipinski definition) is 1. The standard InChI is InChI=1S/C12H17ClN2O2S/c1-9-2-3-10(6-9)7-15-18(16,17)12-8-14-5-4-11(12)13/h4-5,8-10,15H,2-3,6-7H2,1H3. The van der Waals surface area contributed by atoms with Gasteiger partial charge < -0.3 is 0 Å². The summed E-state index contributed by atoms with van der Waals surface area (Å²) in [4.78, 5) is 3.85. The monoisotopic (exact) mass is 288 g/mol. The van der Waals surface area contributed by atoms with Crippen LogP contribution in [0.5, 0.6) is 0 Å². The van der Waals surface area contributed by atoms with E-state index in [1.165, 1.54) is 24.9 Å². The van der Waals surface area contributed by atoms with E-state index in [9.17, 15) is 8.42 Å². The Hall–Kier alpha value is -0.650. The fraction of sp³-hybridized carbons (Fsp3) is 0.583. The summed E-state index contributed by atoms with van der Waals surface area (Å²) in [5, 5.41) is 0.206. The minimum absolute atomic E-state index is 0.0534. The second kappa shape index (κ2) is 5.55. The first-order valence-electron chi connectivity index (χ1n) is 6.08. The topological polar surface area (TPSA) is 59.1 Å². The predicted molar refractivity (Wildman–Crippen MR) is 70.9 cm³/mol. The van der Waals surface area contributed by atoms with Gasteiger partial charge in [0.05, 0.1) is 5.02 Å². The normalized spacial score (nSPS) is 24.3. The van der Waals surface area contributed by atoms with Gasteiger partial charge in [0.2, 0.25) is 10.0 Å². The Balaban J connectivity index is 2.02. The van der Waals surface area contributed by atoms with Gasteiger partial charge in [0.15, 0.2) is 0 Å². The number of nitrogens with one attached hydrogen (secondary N) is 1. The average Bonchev–Trinajstić information content (AvgIpc) is 2.73. The van der Waals surface area contributed by atoms with E-state index in [1.807, 2.05) is 0 Å². The first kappa shape index (κ1) is 13.8. The fourth-order valence-electron chi connectivity index (χ4n) is 2.38. The van der Waals surface area contributed by atoms with Gasteiger partial charge >= 0.3 is 0 Å². The lowest BCUT2D eigenvalue weighted by Crippen LogP contribution is -2.29. The first-order valence-corrected chi connectivity index (χ1v) is 7.94. The molecular weight excluding hydrogens is 272 g/mol. The van der Waals surface area contributed by atoms with Gasteiger partial charge in [0.25, 0.3) is 0 Å². The number of halogens is 1. The minimum atomic E-state index is -3.54. The Kier molecular flexibility index (Phi) is 4.25. The van der Waals surface area contributed by atoms with Crippen LogP contribution >= 0.6 is 11.6 Å². The molecule has 2 unspecified atom stereocenters. The summed E-state index contributed by atoms with van der Waals surface area (Å²) < 4.78 is 26.7. The summed E-state index contributed by atoms with van der Waals surface area (Å²) in [5.74, 6) is 1.13. The zero-order valence-electron chi connectivity index (χ0n) is 10.3. The van der Waals surface area contributed by atoms with Crippen LogP contribution in [0.25, 0.3) is 0 Å². The molecule has 18 heavy (non-hydrogen) atoms. The molecule has 0 aromatic carbocycles. The maximum absolute atomic E-state index is 12.1. The lowest BCUT2D eigenvalue weighted by Gasteiger charge is -2.12. The van der Waals surface area contributed by atoms with Crippen molar-refractivity contribution < 1.29 is 8.42 Å². The molecule has 0 bridgehead atoms. The third kappa shape index (κ3) is 3.22. The molecule has 100 valence electrons. The number of pyridine rings is 1. The maximum Gasteiger partial charge on any atom is 0.243 e. The smallest absolute Gasteiger partial charge is 0.243 e. The summed E-state index contributed by atoms with van der Waals surface area (Å²) in [6.07, 6.45) is 6.11. The van der Waals surface area contributed by atoms with E-state index in [0.717, 1.165) is 12.8 Å². The van der Waals surface area contributed by atoms with Crippen LogP contribution in [-0.2, 0) is 10.0 Å². The number of rotatable bonds is 4. The fourth-order valence-corrected chi connectivity index (χ4v) is 3.92. The van der Waals surface area contributed by atoms with Gasteiger partial charge in [-0.05, 0) is 30.7 Å². The molecule has 0 spiro atoms. The van der Waals surface area contributed by atoms with Gasteiger partial charge in [-0.1, -0.05) is 24.9 Å². The maximum atomic E-state index is 12.1. The predicted octanol–water partition coefficient (Wildman–Crippen LogP) is 2.45. The molecule has 2 rings (SSSR count). The molecule has 4 nitrogen and oxygen atoms in total. The zero-order valence-corrected chi connectivity index (χ0v) is 11.8. The highest BCUT2D eigenvalue weighted by Gasteiger charge is 2.24. The van der Waals surface area contributed by atoms with Crippen LogP contribution in [0.2, 0.25) is 5.02 Å². The van der Waals surface area contributed by atoms with Crippen molar-refractivity contribution in [1.82, 2.24) is 9.71 Å². The van der Waals surface area contributed by atoms with E-state index in [0.29, 0.717) is 18.4 Å². The van der Waals surface area contributed by atoms with Crippen molar-refractivity contribution in [2.24, 2.45) is 11.8 Å². The Bertz CT molecular complexity index is 519. The molecule has 1 fully saturated rings.